The summed E-state index contributed by atoms with van der Waals surface area (Å²) in [6, 6.07) is 0. The SMILES string of the molecule is CCSCCN1CCC(CNCC(C)C)CC1. The minimum Gasteiger partial charge on any atom is -0.316 e. The van der Waals surface area contributed by atoms with Crippen LogP contribution in [-0.2, 0) is 0 Å². The average molecular weight is 258 g/mol. The van der Waals surface area contributed by atoms with Crippen LogP contribution in [-0.4, -0.2) is 49.1 Å². The molecule has 1 aliphatic heterocycles. The molecule has 17 heavy (non-hydrogen) atoms. The summed E-state index contributed by atoms with van der Waals surface area (Å²) in [6.07, 6.45) is 2.78. The molecule has 0 radical (unpaired) electrons. The lowest BCUT2D eigenvalue weighted by atomic mass is 9.96. The number of hydrogen-bond donors (Lipinski definition) is 1. The highest BCUT2D eigenvalue weighted by Gasteiger charge is 2.18. The van der Waals surface area contributed by atoms with Gasteiger partial charge in [0.15, 0.2) is 0 Å². The van der Waals surface area contributed by atoms with E-state index in [1.807, 2.05) is 0 Å². The van der Waals surface area contributed by atoms with Crippen molar-refractivity contribution in [2.45, 2.75) is 33.6 Å². The molecule has 0 aromatic heterocycles. The van der Waals surface area contributed by atoms with E-state index >= 15 is 0 Å². The highest BCUT2D eigenvalue weighted by molar-refractivity contribution is 7.99. The van der Waals surface area contributed by atoms with E-state index in [1.54, 1.807) is 0 Å². The summed E-state index contributed by atoms with van der Waals surface area (Å²) in [5.41, 5.74) is 0. The molecule has 1 heterocycles. The molecule has 0 unspecified atom stereocenters. The van der Waals surface area contributed by atoms with E-state index in [2.05, 4.69) is 42.7 Å². The molecule has 0 aliphatic carbocycles. The normalized spacial score (nSPS) is 19.1. The Morgan fingerprint density at radius 1 is 1.29 bits per heavy atom. The highest BCUT2D eigenvalue weighted by Crippen LogP contribution is 2.16. The Morgan fingerprint density at radius 3 is 2.59 bits per heavy atom. The van der Waals surface area contributed by atoms with Crippen molar-refractivity contribution in [2.24, 2.45) is 11.8 Å². The van der Waals surface area contributed by atoms with E-state index in [0.717, 1.165) is 11.8 Å². The van der Waals surface area contributed by atoms with Gasteiger partial charge in [0, 0.05) is 12.3 Å². The van der Waals surface area contributed by atoms with Gasteiger partial charge in [0.2, 0.25) is 0 Å². The van der Waals surface area contributed by atoms with Crippen LogP contribution in [0.3, 0.4) is 0 Å². The standard InChI is InChI=1S/C14H30N2S/c1-4-17-10-9-16-7-5-14(6-8-16)12-15-11-13(2)3/h13-15H,4-12H2,1-3H3. The van der Waals surface area contributed by atoms with Crippen LogP contribution in [0.4, 0.5) is 0 Å². The summed E-state index contributed by atoms with van der Waals surface area (Å²) in [6.45, 7) is 13.1. The van der Waals surface area contributed by atoms with Gasteiger partial charge in [-0.25, -0.2) is 0 Å². The monoisotopic (exact) mass is 258 g/mol. The number of thioether (sulfide) groups is 1. The fourth-order valence-corrected chi connectivity index (χ4v) is 3.00. The van der Waals surface area contributed by atoms with Crippen molar-refractivity contribution in [1.82, 2.24) is 10.2 Å². The van der Waals surface area contributed by atoms with Crippen LogP contribution in [0.1, 0.15) is 33.6 Å². The van der Waals surface area contributed by atoms with Crippen molar-refractivity contribution in [3.05, 3.63) is 0 Å². The molecular weight excluding hydrogens is 228 g/mol. The number of piperidine rings is 1. The molecule has 0 saturated carbocycles. The van der Waals surface area contributed by atoms with Gasteiger partial charge in [0.1, 0.15) is 0 Å². The molecule has 0 aromatic carbocycles. The predicted molar refractivity (Wildman–Crippen MR) is 79.9 cm³/mol. The summed E-state index contributed by atoms with van der Waals surface area (Å²) >= 11 is 2.07. The zero-order valence-corrected chi connectivity index (χ0v) is 12.7. The number of nitrogens with zero attached hydrogens (tertiary/aromatic N) is 1. The van der Waals surface area contributed by atoms with Crippen molar-refractivity contribution < 1.29 is 0 Å². The summed E-state index contributed by atoms with van der Waals surface area (Å²) in [5, 5.41) is 3.60. The van der Waals surface area contributed by atoms with Crippen LogP contribution in [0.5, 0.6) is 0 Å². The van der Waals surface area contributed by atoms with Gasteiger partial charge in [-0.1, -0.05) is 20.8 Å². The van der Waals surface area contributed by atoms with Gasteiger partial charge in [-0.3, -0.25) is 0 Å². The van der Waals surface area contributed by atoms with Gasteiger partial charge < -0.3 is 10.2 Å². The Labute approximate surface area is 112 Å². The van der Waals surface area contributed by atoms with Gasteiger partial charge >= 0.3 is 0 Å². The van der Waals surface area contributed by atoms with E-state index in [9.17, 15) is 0 Å². The largest absolute Gasteiger partial charge is 0.316 e. The van der Waals surface area contributed by atoms with Crippen molar-refractivity contribution in [3.8, 4) is 0 Å². The topological polar surface area (TPSA) is 15.3 Å². The van der Waals surface area contributed by atoms with E-state index < -0.39 is 0 Å². The third-order valence-electron chi connectivity index (χ3n) is 3.45. The Balaban J connectivity index is 2.01. The summed E-state index contributed by atoms with van der Waals surface area (Å²) < 4.78 is 0. The Bertz CT molecular complexity index is 177. The second-order valence-electron chi connectivity index (χ2n) is 5.53. The van der Waals surface area contributed by atoms with Crippen LogP contribution >= 0.6 is 11.8 Å². The lowest BCUT2D eigenvalue weighted by Crippen LogP contribution is -2.38. The van der Waals surface area contributed by atoms with Gasteiger partial charge in [0.05, 0.1) is 0 Å². The van der Waals surface area contributed by atoms with Gasteiger partial charge in [-0.2, -0.15) is 11.8 Å². The van der Waals surface area contributed by atoms with Gasteiger partial charge in [0.25, 0.3) is 0 Å². The molecule has 0 amide bonds. The van der Waals surface area contributed by atoms with Crippen molar-refractivity contribution in [2.75, 3.05) is 44.2 Å². The minimum absolute atomic E-state index is 0.779. The first kappa shape index (κ1) is 15.3. The molecule has 0 atom stereocenters. The molecule has 0 bridgehead atoms. The highest BCUT2D eigenvalue weighted by atomic mass is 32.2. The van der Waals surface area contributed by atoms with Crippen molar-refractivity contribution >= 4 is 11.8 Å². The number of rotatable bonds is 8. The number of likely N-dealkylation sites (tertiary alicyclic amines) is 1. The molecule has 1 fully saturated rings. The van der Waals surface area contributed by atoms with E-state index in [0.29, 0.717) is 0 Å². The lowest BCUT2D eigenvalue weighted by Gasteiger charge is -2.32. The third-order valence-corrected chi connectivity index (χ3v) is 4.33. The predicted octanol–water partition coefficient (Wildman–Crippen LogP) is 2.70. The van der Waals surface area contributed by atoms with E-state index in [4.69, 9.17) is 0 Å². The van der Waals surface area contributed by atoms with Gasteiger partial charge in [-0.15, -0.1) is 0 Å². The average Bonchev–Trinajstić information content (AvgIpc) is 2.31. The summed E-state index contributed by atoms with van der Waals surface area (Å²) in [5.74, 6) is 4.27. The molecule has 1 rings (SSSR count). The second-order valence-corrected chi connectivity index (χ2v) is 6.93. The van der Waals surface area contributed by atoms with Crippen LogP contribution in [0.15, 0.2) is 0 Å². The first-order valence-electron chi connectivity index (χ1n) is 7.23. The van der Waals surface area contributed by atoms with E-state index in [1.165, 1.54) is 57.1 Å². The second kappa shape index (κ2) is 9.23. The molecule has 0 aromatic rings. The first-order chi connectivity index (χ1) is 8.22. The molecular formula is C14H30N2S. The Hall–Kier alpha value is 0.270. The van der Waals surface area contributed by atoms with Crippen molar-refractivity contribution in [1.29, 1.82) is 0 Å². The molecule has 1 aliphatic rings. The molecule has 0 spiro atoms. The quantitative estimate of drug-likeness (QED) is 0.674. The number of nitrogens with one attached hydrogen (secondary N) is 1. The van der Waals surface area contributed by atoms with Crippen LogP contribution in [0, 0.1) is 11.8 Å². The third kappa shape index (κ3) is 7.32. The minimum atomic E-state index is 0.779. The zero-order valence-electron chi connectivity index (χ0n) is 11.9. The first-order valence-corrected chi connectivity index (χ1v) is 8.38. The van der Waals surface area contributed by atoms with Gasteiger partial charge in [-0.05, 0) is 56.6 Å². The maximum atomic E-state index is 3.60. The molecule has 102 valence electrons. The van der Waals surface area contributed by atoms with Crippen molar-refractivity contribution in [3.63, 3.8) is 0 Å². The Morgan fingerprint density at radius 2 is 2.00 bits per heavy atom. The zero-order chi connectivity index (χ0) is 12.5. The van der Waals surface area contributed by atoms with Crippen LogP contribution < -0.4 is 5.32 Å². The molecule has 1 saturated heterocycles. The molecule has 1 N–H and O–H groups in total. The lowest BCUT2D eigenvalue weighted by molar-refractivity contribution is 0.191. The summed E-state index contributed by atoms with van der Waals surface area (Å²) in [4.78, 5) is 2.64. The number of hydrogen-bond acceptors (Lipinski definition) is 3. The Kier molecular flexibility index (Phi) is 8.33. The molecule has 3 heteroatoms. The fourth-order valence-electron chi connectivity index (χ4n) is 2.33. The smallest absolute Gasteiger partial charge is 0.00723 e. The maximum absolute atomic E-state index is 3.60. The maximum Gasteiger partial charge on any atom is 0.00723 e. The summed E-state index contributed by atoms with van der Waals surface area (Å²) in [7, 11) is 0. The van der Waals surface area contributed by atoms with Crippen LogP contribution in [0.2, 0.25) is 0 Å². The fraction of sp³-hybridized carbons (Fsp3) is 1.00. The van der Waals surface area contributed by atoms with E-state index in [-0.39, 0.29) is 0 Å². The van der Waals surface area contributed by atoms with Crippen LogP contribution in [0.25, 0.3) is 0 Å². The molecule has 2 nitrogen and oxygen atoms in total.